The van der Waals surface area contributed by atoms with Crippen LogP contribution in [0.3, 0.4) is 0 Å². The number of ether oxygens (including phenoxy) is 8. The second kappa shape index (κ2) is 35.3. The van der Waals surface area contributed by atoms with Crippen LogP contribution in [0.1, 0.15) is 43.6 Å². The van der Waals surface area contributed by atoms with Gasteiger partial charge in [0.05, 0.1) is 93.3 Å². The molecular formula is C64H74F2N26O36P6. The molecule has 1 saturated carbocycles. The molecule has 70 heteroatoms. The summed E-state index contributed by atoms with van der Waals surface area (Å²) >= 11 is 0. The van der Waals surface area contributed by atoms with Crippen LogP contribution in [0, 0.1) is 5.92 Å². The van der Waals surface area contributed by atoms with E-state index in [0.29, 0.717) is 16.7 Å². The molecule has 23 N–H and O–H groups in total. The molecule has 0 spiro atoms. The fourth-order valence-electron chi connectivity index (χ4n) is 16.3. The molecule has 12 aromatic rings. The van der Waals surface area contributed by atoms with E-state index in [9.17, 15) is 91.6 Å². The largest absolute Gasteiger partial charge is 0.472 e. The number of phosphoric ester groups is 3. The number of imidazole rings is 6. The predicted octanol–water partition coefficient (Wildman–Crippen LogP) is -2.17. The summed E-state index contributed by atoms with van der Waals surface area (Å²) in [4.78, 5) is 156. The van der Waals surface area contributed by atoms with E-state index in [1.807, 2.05) is 0 Å². The van der Waals surface area contributed by atoms with Gasteiger partial charge in [0.1, 0.15) is 71.5 Å². The highest BCUT2D eigenvalue weighted by molar-refractivity contribution is 7.53. The lowest BCUT2D eigenvalue weighted by atomic mass is 10.1. The molecule has 20 heterocycles. The fourth-order valence-corrected chi connectivity index (χ4v) is 22.3. The molecule has 0 aromatic carbocycles. The molecule has 0 amide bonds. The van der Waals surface area contributed by atoms with E-state index < -0.39 is 249 Å². The Kier molecular flexibility index (Phi) is 24.5. The van der Waals surface area contributed by atoms with Crippen LogP contribution in [0.15, 0.2) is 95.5 Å². The van der Waals surface area contributed by atoms with Crippen molar-refractivity contribution in [1.29, 1.82) is 0 Å². The van der Waals surface area contributed by atoms with E-state index in [4.69, 9.17) is 107 Å². The number of nitrogen functional groups attached to an aromatic ring is 5. The summed E-state index contributed by atoms with van der Waals surface area (Å²) in [5, 5.41) is 44.4. The van der Waals surface area contributed by atoms with Gasteiger partial charge in [0.15, 0.2) is 144 Å². The van der Waals surface area contributed by atoms with Crippen LogP contribution < -0.4 is 45.3 Å². The highest BCUT2D eigenvalue weighted by Crippen LogP contribution is 2.59. The highest BCUT2D eigenvalue weighted by Gasteiger charge is 2.60. The molecule has 8 aliphatic heterocycles. The number of alkyl halides is 2. The Labute approximate surface area is 739 Å². The van der Waals surface area contributed by atoms with Crippen molar-refractivity contribution in [2.45, 2.75) is 148 Å². The van der Waals surface area contributed by atoms with Gasteiger partial charge < -0.3 is 126 Å². The van der Waals surface area contributed by atoms with Crippen molar-refractivity contribution in [3.8, 4) is 0 Å². The molecule has 30 atom stereocenters. The fraction of sp³-hybridized carbons (Fsp3) is 0.484. The summed E-state index contributed by atoms with van der Waals surface area (Å²) < 4.78 is 210. The Morgan fingerprint density at radius 1 is 0.373 bits per heavy atom. The molecule has 12 unspecified atom stereocenters. The minimum Gasteiger partial charge on any atom is -0.397 e. The first-order valence-corrected chi connectivity index (χ1v) is 49.0. The number of rotatable bonds is 6. The molecule has 8 saturated heterocycles. The van der Waals surface area contributed by atoms with Gasteiger partial charge in [0.2, 0.25) is 11.9 Å². The minimum atomic E-state index is -5.24. The zero-order valence-corrected chi connectivity index (χ0v) is 72.6. The van der Waals surface area contributed by atoms with E-state index in [-0.39, 0.29) is 85.6 Å². The Morgan fingerprint density at radius 3 is 1.30 bits per heavy atom. The summed E-state index contributed by atoms with van der Waals surface area (Å²) in [6, 6.07) is 3.60. The second-order valence-electron chi connectivity index (χ2n) is 31.0. The van der Waals surface area contributed by atoms with Gasteiger partial charge in [-0.3, -0.25) is 102 Å². The minimum absolute atomic E-state index is 0.00364. The standard InChI is InChI=1S/C22H26N8O12P2.C21H23F2N9O11P2.C21H25N9O13P2/c23-10-1-2-24-18-12(10)27-7-30(18)21-15(32)17-22(40-21)38-8-43(34,35)41-16-11(3-9(14(16)31)4-39-44(36,37)42-17)29-6-28-13-19(29)25-5-26-20(13)33;22-9-13-8(40-18(9)31-4-27-11-7(24)1-2-26-15(11)31)3-39-45(36,37)43-14-10(23)20(38-6-44(34,35)42-13)41-19(14)32-5-28-12-16(32)29-21(25)30-17(12)33;22-7-1-2-24-15-9(7)25-4-29(15)18-11(31)13-8(40-18)3-39-45(36,37)43-14-12(32)20(38-6-44(34,35)42-13)41-19(14)30-5-26-10-16(30)27-21(23)28-17(10)33/h1-2,5-7,9,11,14-17,21-22,31-32H,3-4,8H2,(H2,23,24)(H,34,35)(H,36,37)(H,25,26,33);1-2,4-5,8-10,13-14,18-20H,3,6H2,(H2,24,26)(H,34,35)(H,36,37)(H3,25,29,30,33);1-2,4-5,8,11-14,18-20,31-32H,3,6H2,(H2,22,24)(H,34,35)(H,36,37)(H3,23,27,28,33)/t9-,11-,14+,15?,16?,17-,21-,22+;8-,9?,10-,13+,14?,18-,19-,20+;8-,11?,12-,13+,14?,18-,19-,20+/m111/s1. The van der Waals surface area contributed by atoms with Gasteiger partial charge in [-0.1, -0.05) is 0 Å². The average Bonchev–Trinajstić information content (AvgIpc) is 1.62. The molecule has 62 nitrogen and oxygen atoms in total. The van der Waals surface area contributed by atoms with Crippen molar-refractivity contribution in [2.75, 3.05) is 67.5 Å². The number of halogens is 2. The number of phosphoric acid groups is 3. The molecule has 9 aliphatic rings. The lowest BCUT2D eigenvalue weighted by molar-refractivity contribution is -0.168. The maximum Gasteiger partial charge on any atom is 0.472 e. The Morgan fingerprint density at radius 2 is 0.761 bits per heavy atom. The zero-order chi connectivity index (χ0) is 94.6. The topological polar surface area (TPSA) is 875 Å². The molecular weight excluding hydrogens is 1930 g/mol. The van der Waals surface area contributed by atoms with Gasteiger partial charge in [0.25, 0.3) is 16.7 Å². The normalized spacial score (nSPS) is 37.9. The SMILES string of the molecule is Nc1ccnc2c1ncn2[C@@H]1O[C@@H]2OCP(=O)(O)OC3[C@@H](O)[C@@H](COP(=O)(O)O[C@@H]2C1O)C[C@H]3n1cnc2c(=O)[nH]cnc21.Nc1nc2c(ncn2[C@@H]2O[C@@H]3OCP(=O)(O)O[C@@H]4C(F)[C@H](n5cnc6c(N)ccnc65)O[C@@H]4COP(=O)(O)OC2[C@H]3F)c(=O)[nH]1.Nc1nc2c(ncn2[C@@H]2O[C@@H]3OCP(=O)(O)O[C@@H]4C(O)[C@H](n5cnc6c(N)ccnc65)O[C@@H]4COP(=O)(O)OC2[C@H]3O)c(=O)[nH]1. The number of pyridine rings is 3. The van der Waals surface area contributed by atoms with E-state index in [2.05, 4.69) is 74.8 Å². The number of H-pyrrole nitrogens is 3. The van der Waals surface area contributed by atoms with Gasteiger partial charge in [-0.2, -0.15) is 9.97 Å². The number of nitrogens with zero attached hydrogens (tertiary/aromatic N) is 18. The first-order valence-electron chi connectivity index (χ1n) is 39.2. The van der Waals surface area contributed by atoms with Crippen molar-refractivity contribution < 1.29 is 165 Å². The second-order valence-corrected chi connectivity index (χ2v) is 40.5. The van der Waals surface area contributed by atoms with E-state index in [0.717, 1.165) is 32.7 Å². The van der Waals surface area contributed by atoms with Gasteiger partial charge in [-0.25, -0.2) is 72.3 Å². The van der Waals surface area contributed by atoms with Crippen LogP contribution >= 0.6 is 46.3 Å². The summed E-state index contributed by atoms with van der Waals surface area (Å²) in [5.74, 6) is -1.54. The maximum atomic E-state index is 15.9. The van der Waals surface area contributed by atoms with Crippen LogP contribution in [0.25, 0.3) is 67.0 Å². The number of aliphatic hydroxyl groups excluding tert-OH is 4. The molecule has 0 radical (unpaired) electrons. The third kappa shape index (κ3) is 17.7. The van der Waals surface area contributed by atoms with E-state index in [1.54, 1.807) is 0 Å². The van der Waals surface area contributed by atoms with Crippen LogP contribution in [0.5, 0.6) is 0 Å². The van der Waals surface area contributed by atoms with Gasteiger partial charge >= 0.3 is 46.3 Å². The number of aromatic amines is 3. The highest BCUT2D eigenvalue weighted by atomic mass is 31.2. The molecule has 720 valence electrons. The van der Waals surface area contributed by atoms with Gasteiger partial charge in [0, 0.05) is 24.5 Å². The molecule has 9 fully saturated rings. The van der Waals surface area contributed by atoms with Crippen molar-refractivity contribution in [3.63, 3.8) is 0 Å². The number of aromatic nitrogens is 21. The number of hydrogen-bond donors (Lipinski definition) is 18. The lowest BCUT2D eigenvalue weighted by Gasteiger charge is -2.27. The van der Waals surface area contributed by atoms with Crippen molar-refractivity contribution in [2.24, 2.45) is 5.92 Å². The van der Waals surface area contributed by atoms with Crippen molar-refractivity contribution in [1.82, 2.24) is 102 Å². The van der Waals surface area contributed by atoms with Gasteiger partial charge in [-0.05, 0) is 24.6 Å². The first-order chi connectivity index (χ1) is 63.6. The smallest absolute Gasteiger partial charge is 0.397 e. The van der Waals surface area contributed by atoms with Gasteiger partial charge in [-0.15, -0.1) is 0 Å². The maximum absolute atomic E-state index is 15.9. The Balaban J connectivity index is 0.000000129. The van der Waals surface area contributed by atoms with Crippen molar-refractivity contribution in [3.05, 3.63) is 112 Å². The third-order valence-electron chi connectivity index (χ3n) is 22.3. The number of fused-ring (bicyclic) bond motifs is 15. The first kappa shape index (κ1) is 93.1. The summed E-state index contributed by atoms with van der Waals surface area (Å²) in [7, 11) is -29.7. The number of aliphatic hydroxyl groups is 4. The summed E-state index contributed by atoms with van der Waals surface area (Å²) in [5.41, 5.74) is 28.6. The van der Waals surface area contributed by atoms with Crippen LogP contribution in [0.4, 0.5) is 37.7 Å². The quantitative estimate of drug-likeness (QED) is 0.0788. The predicted molar refractivity (Wildman–Crippen MR) is 434 cm³/mol. The zero-order valence-electron chi connectivity index (χ0n) is 67.3. The molecule has 21 rings (SSSR count). The summed E-state index contributed by atoms with van der Waals surface area (Å²) in [6.45, 7) is -2.30. The molecule has 12 aromatic heterocycles. The van der Waals surface area contributed by atoms with E-state index in [1.165, 1.54) is 75.8 Å². The van der Waals surface area contributed by atoms with E-state index >= 15 is 8.78 Å². The molecule has 134 heavy (non-hydrogen) atoms. The number of anilines is 5. The third-order valence-corrected chi connectivity index (χ3v) is 28.4. The number of nitrogens with two attached hydrogens (primary N) is 5. The number of hydrogen-bond acceptors (Lipinski definition) is 47. The molecule has 1 aliphatic carbocycles. The van der Waals surface area contributed by atoms with Crippen molar-refractivity contribution >= 4 is 142 Å². The van der Waals surface area contributed by atoms with Crippen LogP contribution in [-0.4, -0.2) is 295 Å². The average molecular weight is 2010 g/mol. The summed E-state index contributed by atoms with van der Waals surface area (Å²) in [6.07, 6.45) is -28.4. The lowest BCUT2D eigenvalue weighted by Crippen LogP contribution is -2.36. The molecule has 6 bridgehead atoms. The Hall–Kier alpha value is -9.93. The Bertz CT molecular complexity index is 6780. The monoisotopic (exact) mass is 2010 g/mol. The van der Waals surface area contributed by atoms with Crippen LogP contribution in [0.2, 0.25) is 0 Å². The van der Waals surface area contributed by atoms with Crippen LogP contribution in [-0.2, 0) is 106 Å². The number of nitrogens with one attached hydrogen (secondary N) is 3.